The minimum atomic E-state index is -3.42. The van der Waals surface area contributed by atoms with Crippen LogP contribution in [0.2, 0.25) is 0 Å². The maximum atomic E-state index is 11.9. The van der Waals surface area contributed by atoms with Gasteiger partial charge in [-0.15, -0.1) is 0 Å². The maximum Gasteiger partial charge on any atom is 0.240 e. The van der Waals surface area contributed by atoms with Gasteiger partial charge in [0.1, 0.15) is 4.75 Å². The SMILES string of the molecule is CC(C)(CCCN)CNC(=O)C(C)(C)S(C)(=O)=O. The highest BCUT2D eigenvalue weighted by Gasteiger charge is 2.38. The smallest absolute Gasteiger partial charge is 0.240 e. The third-order valence-corrected chi connectivity index (χ3v) is 5.30. The zero-order valence-electron chi connectivity index (χ0n) is 12.0. The average Bonchev–Trinajstić information content (AvgIpc) is 2.21. The summed E-state index contributed by atoms with van der Waals surface area (Å²) in [4.78, 5) is 11.9. The predicted molar refractivity (Wildman–Crippen MR) is 74.0 cm³/mol. The van der Waals surface area contributed by atoms with E-state index in [0.717, 1.165) is 19.1 Å². The van der Waals surface area contributed by atoms with Crippen LogP contribution in [-0.2, 0) is 14.6 Å². The van der Waals surface area contributed by atoms with Crippen LogP contribution in [0, 0.1) is 5.41 Å². The molecule has 0 atom stereocenters. The summed E-state index contributed by atoms with van der Waals surface area (Å²) in [5.74, 6) is -0.453. The first kappa shape index (κ1) is 17.4. The van der Waals surface area contributed by atoms with E-state index < -0.39 is 20.5 Å². The van der Waals surface area contributed by atoms with E-state index in [1.807, 2.05) is 13.8 Å². The van der Waals surface area contributed by atoms with Gasteiger partial charge in [-0.1, -0.05) is 13.8 Å². The highest BCUT2D eigenvalue weighted by molar-refractivity contribution is 7.92. The highest BCUT2D eigenvalue weighted by atomic mass is 32.2. The Balaban J connectivity index is 4.52. The summed E-state index contributed by atoms with van der Waals surface area (Å²) in [6.07, 6.45) is 2.85. The molecule has 0 aliphatic carbocycles. The molecular formula is C12H26N2O3S. The molecule has 6 heteroatoms. The minimum absolute atomic E-state index is 0.0807. The first-order chi connectivity index (χ1) is 7.94. The fourth-order valence-electron chi connectivity index (χ4n) is 1.37. The molecule has 0 aliphatic heterocycles. The lowest BCUT2D eigenvalue weighted by Crippen LogP contribution is -2.49. The first-order valence-corrected chi connectivity index (χ1v) is 8.01. The molecule has 0 aliphatic rings. The summed E-state index contributed by atoms with van der Waals surface area (Å²) >= 11 is 0. The molecule has 0 rings (SSSR count). The molecule has 3 N–H and O–H groups in total. The number of rotatable bonds is 7. The fourth-order valence-corrected chi connectivity index (χ4v) is 1.78. The van der Waals surface area contributed by atoms with Crippen molar-refractivity contribution in [3.63, 3.8) is 0 Å². The largest absolute Gasteiger partial charge is 0.354 e. The maximum absolute atomic E-state index is 11.9. The molecule has 0 unspecified atom stereocenters. The van der Waals surface area contributed by atoms with E-state index in [1.165, 1.54) is 13.8 Å². The van der Waals surface area contributed by atoms with Crippen molar-refractivity contribution in [2.45, 2.75) is 45.3 Å². The Morgan fingerprint density at radius 2 is 1.72 bits per heavy atom. The zero-order valence-corrected chi connectivity index (χ0v) is 12.9. The minimum Gasteiger partial charge on any atom is -0.354 e. The quantitative estimate of drug-likeness (QED) is 0.717. The number of hydrogen-bond acceptors (Lipinski definition) is 4. The lowest BCUT2D eigenvalue weighted by atomic mass is 9.87. The van der Waals surface area contributed by atoms with Gasteiger partial charge >= 0.3 is 0 Å². The van der Waals surface area contributed by atoms with Gasteiger partial charge < -0.3 is 11.1 Å². The van der Waals surface area contributed by atoms with Crippen LogP contribution in [0.15, 0.2) is 0 Å². The molecule has 0 aromatic carbocycles. The summed E-state index contributed by atoms with van der Waals surface area (Å²) < 4.78 is 21.6. The zero-order chi connectivity index (χ0) is 14.6. The van der Waals surface area contributed by atoms with Crippen LogP contribution in [0.3, 0.4) is 0 Å². The van der Waals surface area contributed by atoms with Gasteiger partial charge in [-0.3, -0.25) is 4.79 Å². The van der Waals surface area contributed by atoms with Crippen molar-refractivity contribution in [1.29, 1.82) is 0 Å². The lowest BCUT2D eigenvalue weighted by Gasteiger charge is -2.28. The summed E-state index contributed by atoms with van der Waals surface area (Å²) in [6.45, 7) is 7.96. The topological polar surface area (TPSA) is 89.3 Å². The van der Waals surface area contributed by atoms with E-state index in [-0.39, 0.29) is 5.41 Å². The van der Waals surface area contributed by atoms with E-state index in [0.29, 0.717) is 13.1 Å². The van der Waals surface area contributed by atoms with Crippen molar-refractivity contribution in [3.05, 3.63) is 0 Å². The number of nitrogens with one attached hydrogen (secondary N) is 1. The molecule has 0 aromatic rings. The molecule has 0 saturated heterocycles. The van der Waals surface area contributed by atoms with Crippen LogP contribution in [0.1, 0.15) is 40.5 Å². The molecule has 5 nitrogen and oxygen atoms in total. The lowest BCUT2D eigenvalue weighted by molar-refractivity contribution is -0.123. The van der Waals surface area contributed by atoms with Crippen molar-refractivity contribution in [3.8, 4) is 0 Å². The summed E-state index contributed by atoms with van der Waals surface area (Å²) in [7, 11) is -3.42. The van der Waals surface area contributed by atoms with Gasteiger partial charge in [0.25, 0.3) is 0 Å². The number of nitrogens with two attached hydrogens (primary N) is 1. The second-order valence-corrected chi connectivity index (χ2v) is 8.59. The van der Waals surface area contributed by atoms with Gasteiger partial charge in [0.15, 0.2) is 9.84 Å². The van der Waals surface area contributed by atoms with Crippen molar-refractivity contribution in [2.75, 3.05) is 19.3 Å². The Kier molecular flexibility index (Phi) is 5.81. The van der Waals surface area contributed by atoms with Crippen molar-refractivity contribution in [2.24, 2.45) is 11.1 Å². The average molecular weight is 278 g/mol. The van der Waals surface area contributed by atoms with Gasteiger partial charge in [-0.2, -0.15) is 0 Å². The Morgan fingerprint density at radius 1 is 1.22 bits per heavy atom. The van der Waals surface area contributed by atoms with Gasteiger partial charge in [0.2, 0.25) is 5.91 Å². The van der Waals surface area contributed by atoms with Gasteiger partial charge in [0.05, 0.1) is 0 Å². The first-order valence-electron chi connectivity index (χ1n) is 6.12. The molecule has 0 fully saturated rings. The molecule has 1 amide bonds. The molecule has 0 saturated carbocycles. The Morgan fingerprint density at radius 3 is 2.11 bits per heavy atom. The summed E-state index contributed by atoms with van der Waals surface area (Å²) in [5.41, 5.74) is 5.37. The monoisotopic (exact) mass is 278 g/mol. The number of carbonyl (C=O) groups excluding carboxylic acids is 1. The van der Waals surface area contributed by atoms with Gasteiger partial charge in [0, 0.05) is 12.8 Å². The Hall–Kier alpha value is -0.620. The third kappa shape index (κ3) is 4.94. The van der Waals surface area contributed by atoms with Crippen LogP contribution < -0.4 is 11.1 Å². The molecule has 18 heavy (non-hydrogen) atoms. The van der Waals surface area contributed by atoms with E-state index in [2.05, 4.69) is 5.32 Å². The highest BCUT2D eigenvalue weighted by Crippen LogP contribution is 2.22. The number of hydrogen-bond donors (Lipinski definition) is 2. The molecule has 0 aromatic heterocycles. The summed E-state index contributed by atoms with van der Waals surface area (Å²) in [5, 5.41) is 2.72. The number of carbonyl (C=O) groups is 1. The molecular weight excluding hydrogens is 252 g/mol. The molecule has 0 radical (unpaired) electrons. The molecule has 0 bridgehead atoms. The van der Waals surface area contributed by atoms with Crippen molar-refractivity contribution < 1.29 is 13.2 Å². The second-order valence-electron chi connectivity index (χ2n) is 6.02. The van der Waals surface area contributed by atoms with E-state index in [9.17, 15) is 13.2 Å². The van der Waals surface area contributed by atoms with E-state index in [4.69, 9.17) is 5.73 Å². The van der Waals surface area contributed by atoms with Crippen molar-refractivity contribution >= 4 is 15.7 Å². The van der Waals surface area contributed by atoms with Crippen molar-refractivity contribution in [1.82, 2.24) is 5.32 Å². The van der Waals surface area contributed by atoms with Crippen LogP contribution in [0.25, 0.3) is 0 Å². The van der Waals surface area contributed by atoms with E-state index >= 15 is 0 Å². The second kappa shape index (κ2) is 6.02. The molecule has 108 valence electrons. The predicted octanol–water partition coefficient (Wildman–Crippen LogP) is 0.691. The van der Waals surface area contributed by atoms with Gasteiger partial charge in [-0.05, 0) is 38.6 Å². The van der Waals surface area contributed by atoms with Crippen LogP contribution in [0.4, 0.5) is 0 Å². The Labute approximate surface area is 110 Å². The standard InChI is InChI=1S/C12H26N2O3S/c1-11(2,7-6-8-13)9-14-10(15)12(3,4)18(5,16)17/h6-9,13H2,1-5H3,(H,14,15). The van der Waals surface area contributed by atoms with Crippen LogP contribution >= 0.6 is 0 Å². The van der Waals surface area contributed by atoms with Crippen LogP contribution in [0.5, 0.6) is 0 Å². The Bertz CT molecular complexity index is 386. The van der Waals surface area contributed by atoms with Gasteiger partial charge in [-0.25, -0.2) is 8.42 Å². The molecule has 0 spiro atoms. The normalized spacial score (nSPS) is 13.4. The van der Waals surface area contributed by atoms with Crippen LogP contribution in [-0.4, -0.2) is 38.4 Å². The van der Waals surface area contributed by atoms with E-state index in [1.54, 1.807) is 0 Å². The summed E-state index contributed by atoms with van der Waals surface area (Å²) in [6, 6.07) is 0. The molecule has 0 heterocycles. The number of sulfone groups is 1. The third-order valence-electron chi connectivity index (χ3n) is 3.26. The fraction of sp³-hybridized carbons (Fsp3) is 0.917. The number of amides is 1.